The highest BCUT2D eigenvalue weighted by molar-refractivity contribution is 5.87. The normalized spacial score (nSPS) is 16.1. The second-order valence-corrected chi connectivity index (χ2v) is 6.76. The summed E-state index contributed by atoms with van der Waals surface area (Å²) < 4.78 is 13.1. The van der Waals surface area contributed by atoms with Crippen molar-refractivity contribution in [2.24, 2.45) is 5.92 Å². The molecule has 0 unspecified atom stereocenters. The van der Waals surface area contributed by atoms with Crippen molar-refractivity contribution in [3.05, 3.63) is 35.6 Å². The third-order valence-corrected chi connectivity index (χ3v) is 4.80. The summed E-state index contributed by atoms with van der Waals surface area (Å²) >= 11 is 0. The van der Waals surface area contributed by atoms with Gasteiger partial charge >= 0.3 is 0 Å². The van der Waals surface area contributed by atoms with Gasteiger partial charge in [0.15, 0.2) is 0 Å². The Bertz CT molecular complexity index is 496. The number of halogens is 2. The third-order valence-electron chi connectivity index (χ3n) is 4.80. The Balaban J connectivity index is 0.00000264. The fourth-order valence-corrected chi connectivity index (χ4v) is 3.16. The Kier molecular flexibility index (Phi) is 7.49. The van der Waals surface area contributed by atoms with E-state index in [0.29, 0.717) is 5.92 Å². The zero-order valence-electron chi connectivity index (χ0n) is 14.3. The summed E-state index contributed by atoms with van der Waals surface area (Å²) in [5, 5.41) is 3.19. The number of likely N-dealkylation sites (tertiary alicyclic amines) is 1. The molecular weight excluding hydrogens is 315 g/mol. The number of rotatable bonds is 5. The van der Waals surface area contributed by atoms with E-state index in [2.05, 4.69) is 5.32 Å². The first-order valence-corrected chi connectivity index (χ1v) is 8.15. The van der Waals surface area contributed by atoms with Gasteiger partial charge in [0.05, 0.1) is 5.41 Å². The molecule has 1 N–H and O–H groups in total. The largest absolute Gasteiger partial charge is 0.342 e. The lowest BCUT2D eigenvalue weighted by Gasteiger charge is -2.37. The molecule has 1 aromatic rings. The molecule has 1 saturated heterocycles. The number of hydrogen-bond acceptors (Lipinski definition) is 2. The number of carbonyl (C=O) groups is 1. The first-order valence-electron chi connectivity index (χ1n) is 8.15. The topological polar surface area (TPSA) is 32.3 Å². The molecule has 1 fully saturated rings. The quantitative estimate of drug-likeness (QED) is 0.889. The molecule has 1 aliphatic rings. The van der Waals surface area contributed by atoms with Crippen molar-refractivity contribution in [3.8, 4) is 0 Å². The van der Waals surface area contributed by atoms with Gasteiger partial charge in [-0.15, -0.1) is 12.4 Å². The van der Waals surface area contributed by atoms with E-state index < -0.39 is 5.41 Å². The van der Waals surface area contributed by atoms with E-state index in [0.717, 1.165) is 38.0 Å². The molecule has 5 heteroatoms. The van der Waals surface area contributed by atoms with Crippen LogP contribution in [0.5, 0.6) is 0 Å². The molecule has 0 spiro atoms. The molecule has 0 bridgehead atoms. The number of benzene rings is 1. The van der Waals surface area contributed by atoms with Crippen LogP contribution in [0.2, 0.25) is 0 Å². The van der Waals surface area contributed by atoms with Crippen LogP contribution in [-0.4, -0.2) is 37.5 Å². The van der Waals surface area contributed by atoms with Crippen molar-refractivity contribution in [3.63, 3.8) is 0 Å². The molecule has 1 amide bonds. The summed E-state index contributed by atoms with van der Waals surface area (Å²) in [4.78, 5) is 14.8. The molecule has 23 heavy (non-hydrogen) atoms. The lowest BCUT2D eigenvalue weighted by molar-refractivity contribution is -0.137. The molecule has 0 aromatic heterocycles. The second-order valence-electron chi connectivity index (χ2n) is 6.76. The minimum atomic E-state index is -0.606. The van der Waals surface area contributed by atoms with E-state index in [1.54, 1.807) is 12.1 Å². The Labute approximate surface area is 145 Å². The number of amides is 1. The molecule has 3 nitrogen and oxygen atoms in total. The summed E-state index contributed by atoms with van der Waals surface area (Å²) in [6.45, 7) is 6.56. The minimum Gasteiger partial charge on any atom is -0.342 e. The second kappa shape index (κ2) is 8.65. The lowest BCUT2D eigenvalue weighted by atomic mass is 9.82. The smallest absolute Gasteiger partial charge is 0.232 e. The van der Waals surface area contributed by atoms with Gasteiger partial charge < -0.3 is 10.2 Å². The number of nitrogens with one attached hydrogen (secondary N) is 1. The van der Waals surface area contributed by atoms with Gasteiger partial charge in [0.2, 0.25) is 5.91 Å². The molecule has 1 heterocycles. The zero-order chi connectivity index (χ0) is 16.2. The van der Waals surface area contributed by atoms with Crippen molar-refractivity contribution >= 4 is 18.3 Å². The van der Waals surface area contributed by atoms with Crippen LogP contribution in [0, 0.1) is 11.7 Å². The number of carbonyl (C=O) groups excluding carboxylic acids is 1. The first kappa shape index (κ1) is 19.9. The Morgan fingerprint density at radius 1 is 1.26 bits per heavy atom. The monoisotopic (exact) mass is 342 g/mol. The Morgan fingerprint density at radius 3 is 2.35 bits per heavy atom. The zero-order valence-corrected chi connectivity index (χ0v) is 15.1. The highest BCUT2D eigenvalue weighted by atomic mass is 35.5. The van der Waals surface area contributed by atoms with Crippen molar-refractivity contribution in [1.29, 1.82) is 0 Å². The van der Waals surface area contributed by atoms with Gasteiger partial charge in [-0.3, -0.25) is 4.79 Å². The molecule has 0 atom stereocenters. The van der Waals surface area contributed by atoms with Crippen LogP contribution >= 0.6 is 12.4 Å². The van der Waals surface area contributed by atoms with Gasteiger partial charge in [0, 0.05) is 13.1 Å². The van der Waals surface area contributed by atoms with Crippen LogP contribution in [0.25, 0.3) is 0 Å². The third kappa shape index (κ3) is 4.92. The van der Waals surface area contributed by atoms with E-state index in [9.17, 15) is 9.18 Å². The molecule has 0 aliphatic carbocycles. The van der Waals surface area contributed by atoms with Crippen molar-refractivity contribution < 1.29 is 9.18 Å². The van der Waals surface area contributed by atoms with E-state index in [-0.39, 0.29) is 24.1 Å². The Hall–Kier alpha value is -1.13. The molecule has 2 rings (SSSR count). The van der Waals surface area contributed by atoms with Crippen molar-refractivity contribution in [2.75, 3.05) is 26.7 Å². The molecule has 1 aromatic carbocycles. The first-order chi connectivity index (χ1) is 10.4. The van der Waals surface area contributed by atoms with Gasteiger partial charge in [0.1, 0.15) is 5.82 Å². The van der Waals surface area contributed by atoms with Crippen LogP contribution in [0.4, 0.5) is 4.39 Å². The maximum Gasteiger partial charge on any atom is 0.232 e. The average Bonchev–Trinajstić information content (AvgIpc) is 2.53. The number of piperidine rings is 1. The highest BCUT2D eigenvalue weighted by Gasteiger charge is 2.35. The Morgan fingerprint density at radius 2 is 1.83 bits per heavy atom. The predicted octanol–water partition coefficient (Wildman–Crippen LogP) is 3.37. The fourth-order valence-electron chi connectivity index (χ4n) is 3.16. The van der Waals surface area contributed by atoms with Gasteiger partial charge in [-0.05, 0) is 70.3 Å². The van der Waals surface area contributed by atoms with Crippen LogP contribution in [0.15, 0.2) is 24.3 Å². The molecule has 1 aliphatic heterocycles. The maximum atomic E-state index is 13.1. The van der Waals surface area contributed by atoms with Crippen LogP contribution in [0.3, 0.4) is 0 Å². The molecule has 130 valence electrons. The minimum absolute atomic E-state index is 0. The summed E-state index contributed by atoms with van der Waals surface area (Å²) in [5.74, 6) is 0.592. The molecular formula is C18H28ClFN2O. The van der Waals surface area contributed by atoms with E-state index in [1.807, 2.05) is 25.8 Å². The molecule has 0 saturated carbocycles. The van der Waals surface area contributed by atoms with Crippen LogP contribution in [-0.2, 0) is 10.2 Å². The maximum absolute atomic E-state index is 13.1. The van der Waals surface area contributed by atoms with Crippen LogP contribution < -0.4 is 5.32 Å². The molecule has 0 radical (unpaired) electrons. The number of nitrogens with zero attached hydrogens (tertiary/aromatic N) is 1. The van der Waals surface area contributed by atoms with Gasteiger partial charge in [-0.2, -0.15) is 0 Å². The van der Waals surface area contributed by atoms with Crippen molar-refractivity contribution in [1.82, 2.24) is 10.2 Å². The highest BCUT2D eigenvalue weighted by Crippen LogP contribution is 2.29. The average molecular weight is 343 g/mol. The van der Waals surface area contributed by atoms with E-state index in [1.165, 1.54) is 18.6 Å². The van der Waals surface area contributed by atoms with Gasteiger partial charge in [0.25, 0.3) is 0 Å². The van der Waals surface area contributed by atoms with E-state index in [4.69, 9.17) is 0 Å². The summed E-state index contributed by atoms with van der Waals surface area (Å²) in [5.41, 5.74) is 0.266. The van der Waals surface area contributed by atoms with Crippen molar-refractivity contribution in [2.45, 2.75) is 38.5 Å². The summed E-state index contributed by atoms with van der Waals surface area (Å²) in [7, 11) is 1.98. The standard InChI is InChI=1S/C18H27FN2O.ClH/c1-18(2,15-4-6-16(19)7-5-15)17(22)21-12-9-14(10-13-21)8-11-20-3;/h4-7,14,20H,8-13H2,1-3H3;1H. The predicted molar refractivity (Wildman–Crippen MR) is 94.5 cm³/mol. The summed E-state index contributed by atoms with van der Waals surface area (Å²) in [6.07, 6.45) is 3.33. The SMILES string of the molecule is CNCCC1CCN(C(=O)C(C)(C)c2ccc(F)cc2)CC1.Cl. The van der Waals surface area contributed by atoms with Gasteiger partial charge in [-0.1, -0.05) is 12.1 Å². The number of hydrogen-bond donors (Lipinski definition) is 1. The van der Waals surface area contributed by atoms with E-state index >= 15 is 0 Å². The lowest BCUT2D eigenvalue weighted by Crippen LogP contribution is -2.47. The summed E-state index contributed by atoms with van der Waals surface area (Å²) in [6, 6.07) is 6.28. The van der Waals surface area contributed by atoms with Crippen LogP contribution in [0.1, 0.15) is 38.7 Å². The van der Waals surface area contributed by atoms with Gasteiger partial charge in [-0.25, -0.2) is 4.39 Å². The fraction of sp³-hybridized carbons (Fsp3) is 0.611.